The van der Waals surface area contributed by atoms with E-state index in [-0.39, 0.29) is 5.69 Å². The Morgan fingerprint density at radius 2 is 2.32 bits per heavy atom. The number of aromatic nitrogens is 1. The second kappa shape index (κ2) is 5.88. The first-order chi connectivity index (χ1) is 9.10. The molecule has 1 N–H and O–H groups in total. The molecule has 0 aliphatic heterocycles. The van der Waals surface area contributed by atoms with E-state index in [1.165, 1.54) is 21.6 Å². The van der Waals surface area contributed by atoms with Gasteiger partial charge in [0.2, 0.25) is 0 Å². The Labute approximate surface area is 115 Å². The van der Waals surface area contributed by atoms with Crippen LogP contribution < -0.4 is 5.32 Å². The number of rotatable bonds is 5. The number of hydrogen-bond donors (Lipinski definition) is 1. The summed E-state index contributed by atoms with van der Waals surface area (Å²) in [6.07, 6.45) is 1.30. The van der Waals surface area contributed by atoms with Gasteiger partial charge < -0.3 is 14.5 Å². The van der Waals surface area contributed by atoms with Crippen molar-refractivity contribution in [1.29, 1.82) is 0 Å². The van der Waals surface area contributed by atoms with Crippen LogP contribution in [0.4, 0.5) is 6.01 Å². The van der Waals surface area contributed by atoms with Gasteiger partial charge in [-0.15, -0.1) is 11.3 Å². The largest absolute Gasteiger partial charge is 0.461 e. The van der Waals surface area contributed by atoms with Gasteiger partial charge in [0.25, 0.3) is 6.01 Å². The molecule has 0 radical (unpaired) electrons. The average molecular weight is 280 g/mol. The van der Waals surface area contributed by atoms with Gasteiger partial charge in [0.15, 0.2) is 5.69 Å². The van der Waals surface area contributed by atoms with E-state index >= 15 is 0 Å². The lowest BCUT2D eigenvalue weighted by Gasteiger charge is -1.98. The minimum Gasteiger partial charge on any atom is -0.461 e. The number of esters is 1. The van der Waals surface area contributed by atoms with E-state index in [4.69, 9.17) is 9.15 Å². The highest BCUT2D eigenvalue weighted by molar-refractivity contribution is 7.12. The number of nitrogens with zero attached hydrogens (tertiary/aromatic N) is 1. The molecule has 2 heterocycles. The van der Waals surface area contributed by atoms with Crippen LogP contribution in [-0.4, -0.2) is 17.6 Å². The number of nitrogens with one attached hydrogen (secondary N) is 1. The molecule has 0 bridgehead atoms. The van der Waals surface area contributed by atoms with Gasteiger partial charge in [-0.1, -0.05) is 0 Å². The number of oxazole rings is 1. The number of carbonyl (C=O) groups excluding carboxylic acids is 1. The van der Waals surface area contributed by atoms with E-state index in [0.29, 0.717) is 19.2 Å². The summed E-state index contributed by atoms with van der Waals surface area (Å²) in [5.74, 6) is -0.470. The molecule has 0 unspecified atom stereocenters. The molecule has 6 heteroatoms. The third-order valence-electron chi connectivity index (χ3n) is 2.62. The first-order valence-corrected chi connectivity index (χ1v) is 6.84. The van der Waals surface area contributed by atoms with Crippen molar-refractivity contribution in [2.45, 2.75) is 27.3 Å². The highest BCUT2D eigenvalue weighted by Gasteiger charge is 2.13. The van der Waals surface area contributed by atoms with E-state index in [9.17, 15) is 4.79 Å². The van der Waals surface area contributed by atoms with Gasteiger partial charge in [-0.3, -0.25) is 0 Å². The number of thiophene rings is 1. The molecule has 0 aliphatic carbocycles. The topological polar surface area (TPSA) is 64.4 Å². The van der Waals surface area contributed by atoms with Crippen LogP contribution in [-0.2, 0) is 11.3 Å². The molecule has 0 fully saturated rings. The smallest absolute Gasteiger partial charge is 0.360 e. The van der Waals surface area contributed by atoms with Gasteiger partial charge in [0.05, 0.1) is 13.2 Å². The molecule has 0 saturated carbocycles. The molecule has 2 aromatic rings. The number of ether oxygens (including phenoxy) is 1. The third kappa shape index (κ3) is 3.35. The first kappa shape index (κ1) is 13.6. The summed E-state index contributed by atoms with van der Waals surface area (Å²) in [6, 6.07) is 2.45. The maximum absolute atomic E-state index is 11.4. The Morgan fingerprint density at radius 1 is 1.53 bits per heavy atom. The predicted molar refractivity (Wildman–Crippen MR) is 73.6 cm³/mol. The van der Waals surface area contributed by atoms with Crippen LogP contribution in [0.3, 0.4) is 0 Å². The van der Waals surface area contributed by atoms with E-state index in [1.54, 1.807) is 18.3 Å². The predicted octanol–water partition coefficient (Wildman–Crippen LogP) is 3.14. The molecule has 5 nitrogen and oxygen atoms in total. The van der Waals surface area contributed by atoms with Crippen molar-refractivity contribution in [3.05, 3.63) is 33.3 Å². The fourth-order valence-electron chi connectivity index (χ4n) is 1.55. The zero-order valence-electron chi connectivity index (χ0n) is 11.1. The van der Waals surface area contributed by atoms with Gasteiger partial charge in [-0.25, -0.2) is 4.79 Å². The number of aryl methyl sites for hydroxylation is 2. The van der Waals surface area contributed by atoms with Crippen LogP contribution in [0.1, 0.15) is 32.7 Å². The fourth-order valence-corrected chi connectivity index (χ4v) is 2.55. The summed E-state index contributed by atoms with van der Waals surface area (Å²) in [6.45, 7) is 6.87. The minimum absolute atomic E-state index is 0.183. The van der Waals surface area contributed by atoms with Crippen molar-refractivity contribution >= 4 is 23.3 Å². The molecule has 0 amide bonds. The molecule has 19 heavy (non-hydrogen) atoms. The van der Waals surface area contributed by atoms with Crippen molar-refractivity contribution in [1.82, 2.24) is 4.98 Å². The molecule has 0 spiro atoms. The molecular weight excluding hydrogens is 264 g/mol. The lowest BCUT2D eigenvalue weighted by molar-refractivity contribution is 0.0519. The Morgan fingerprint density at radius 3 is 2.95 bits per heavy atom. The third-order valence-corrected chi connectivity index (χ3v) is 3.77. The monoisotopic (exact) mass is 280 g/mol. The fraction of sp³-hybridized carbons (Fsp3) is 0.385. The lowest BCUT2D eigenvalue weighted by atomic mass is 10.3. The van der Waals surface area contributed by atoms with Crippen LogP contribution in [0, 0.1) is 13.8 Å². The number of anilines is 1. The van der Waals surface area contributed by atoms with Gasteiger partial charge in [-0.05, 0) is 32.4 Å². The normalized spacial score (nSPS) is 10.5. The van der Waals surface area contributed by atoms with Gasteiger partial charge in [0.1, 0.15) is 6.26 Å². The first-order valence-electron chi connectivity index (χ1n) is 6.02. The summed E-state index contributed by atoms with van der Waals surface area (Å²) in [5.41, 5.74) is 1.46. The van der Waals surface area contributed by atoms with Crippen molar-refractivity contribution in [3.8, 4) is 0 Å². The maximum Gasteiger partial charge on any atom is 0.360 e. The van der Waals surface area contributed by atoms with Crippen LogP contribution >= 0.6 is 11.3 Å². The molecule has 2 aromatic heterocycles. The molecule has 102 valence electrons. The van der Waals surface area contributed by atoms with Crippen molar-refractivity contribution in [2.24, 2.45) is 0 Å². The summed E-state index contributed by atoms with van der Waals surface area (Å²) in [7, 11) is 0. The van der Waals surface area contributed by atoms with Crippen LogP contribution in [0.2, 0.25) is 0 Å². The molecule has 0 aliphatic rings. The zero-order valence-corrected chi connectivity index (χ0v) is 12.0. The van der Waals surface area contributed by atoms with E-state index in [0.717, 1.165) is 0 Å². The summed E-state index contributed by atoms with van der Waals surface area (Å²) >= 11 is 1.73. The molecule has 2 rings (SSSR count). The van der Waals surface area contributed by atoms with Gasteiger partial charge in [0, 0.05) is 9.75 Å². The van der Waals surface area contributed by atoms with Crippen molar-refractivity contribution < 1.29 is 13.9 Å². The highest BCUT2D eigenvalue weighted by atomic mass is 32.1. The Balaban J connectivity index is 1.95. The second-order valence-electron chi connectivity index (χ2n) is 4.06. The number of carbonyl (C=O) groups is 1. The van der Waals surface area contributed by atoms with Crippen LogP contribution in [0.25, 0.3) is 0 Å². The van der Waals surface area contributed by atoms with Crippen molar-refractivity contribution in [3.63, 3.8) is 0 Å². The van der Waals surface area contributed by atoms with E-state index in [1.807, 2.05) is 0 Å². The van der Waals surface area contributed by atoms with E-state index in [2.05, 4.69) is 30.2 Å². The highest BCUT2D eigenvalue weighted by Crippen LogP contribution is 2.21. The summed E-state index contributed by atoms with van der Waals surface area (Å²) in [5, 5.41) is 3.04. The Bertz CT molecular complexity index is 555. The molecule has 0 aromatic carbocycles. The van der Waals surface area contributed by atoms with Gasteiger partial charge in [-0.2, -0.15) is 4.98 Å². The summed E-state index contributed by atoms with van der Waals surface area (Å²) in [4.78, 5) is 17.9. The number of hydrogen-bond acceptors (Lipinski definition) is 6. The Hall–Kier alpha value is -1.82. The van der Waals surface area contributed by atoms with Crippen molar-refractivity contribution in [2.75, 3.05) is 11.9 Å². The van der Waals surface area contributed by atoms with Gasteiger partial charge >= 0.3 is 5.97 Å². The standard InChI is InChI=1S/C13H16N2O3S/c1-4-17-12(16)11-7-18-13(15-11)14-6-10-5-8(2)9(3)19-10/h5,7H,4,6H2,1-3H3,(H,14,15). The zero-order chi connectivity index (χ0) is 13.8. The minimum atomic E-state index is -0.470. The maximum atomic E-state index is 11.4. The van der Waals surface area contributed by atoms with Crippen LogP contribution in [0.15, 0.2) is 16.7 Å². The average Bonchev–Trinajstić information content (AvgIpc) is 2.95. The molecule has 0 saturated heterocycles. The molecule has 0 atom stereocenters. The molecular formula is C13H16N2O3S. The summed E-state index contributed by atoms with van der Waals surface area (Å²) < 4.78 is 10.0. The van der Waals surface area contributed by atoms with Crippen LogP contribution in [0.5, 0.6) is 0 Å². The quantitative estimate of drug-likeness (QED) is 0.852. The SMILES string of the molecule is CCOC(=O)c1coc(NCc2cc(C)c(C)s2)n1. The van der Waals surface area contributed by atoms with E-state index < -0.39 is 5.97 Å². The lowest BCUT2D eigenvalue weighted by Crippen LogP contribution is -2.05. The second-order valence-corrected chi connectivity index (χ2v) is 5.40. The Kier molecular flexibility index (Phi) is 4.21.